The third-order valence-electron chi connectivity index (χ3n) is 5.64. The zero-order valence-corrected chi connectivity index (χ0v) is 15.5. The highest BCUT2D eigenvalue weighted by molar-refractivity contribution is 5.83. The van der Waals surface area contributed by atoms with E-state index in [-0.39, 0.29) is 29.6 Å². The van der Waals surface area contributed by atoms with Crippen LogP contribution in [0.4, 0.5) is 0 Å². The first-order valence-electron chi connectivity index (χ1n) is 9.86. The van der Waals surface area contributed by atoms with Crippen molar-refractivity contribution in [2.24, 2.45) is 11.8 Å². The van der Waals surface area contributed by atoms with E-state index in [9.17, 15) is 9.59 Å². The number of rotatable bonds is 5. The van der Waals surface area contributed by atoms with Crippen LogP contribution < -0.4 is 5.32 Å². The Labute approximate surface area is 160 Å². The number of benzene rings is 2. The van der Waals surface area contributed by atoms with Crippen LogP contribution in [-0.4, -0.2) is 29.8 Å². The molecule has 2 aromatic carbocycles. The molecule has 1 saturated carbocycles. The molecule has 4 heteroatoms. The standard InChI is InChI=1S/C23H26N2O2/c26-22(24-14-17-7-3-1-4-8-17)21-13-20(18-9-5-2-6-10-18)15-25(16-21)23(27)19-11-12-19/h1-10,19-21H,11-16H2,(H,24,26)/t20-,21-/m0/s1. The molecule has 4 rings (SSSR count). The maximum atomic E-state index is 12.9. The summed E-state index contributed by atoms with van der Waals surface area (Å²) in [7, 11) is 0. The Balaban J connectivity index is 1.46. The van der Waals surface area contributed by atoms with Gasteiger partial charge in [-0.25, -0.2) is 0 Å². The van der Waals surface area contributed by atoms with Crippen molar-refractivity contribution < 1.29 is 9.59 Å². The third kappa shape index (κ3) is 4.38. The van der Waals surface area contributed by atoms with Gasteiger partial charge in [0.05, 0.1) is 5.92 Å². The van der Waals surface area contributed by atoms with Crippen LogP contribution in [-0.2, 0) is 16.1 Å². The molecule has 0 spiro atoms. The molecule has 27 heavy (non-hydrogen) atoms. The highest BCUT2D eigenvalue weighted by atomic mass is 16.2. The fraction of sp³-hybridized carbons (Fsp3) is 0.391. The zero-order valence-electron chi connectivity index (χ0n) is 15.5. The predicted octanol–water partition coefficient (Wildman–Crippen LogP) is 3.35. The molecule has 2 fully saturated rings. The van der Waals surface area contributed by atoms with Crippen LogP contribution in [0, 0.1) is 11.8 Å². The van der Waals surface area contributed by atoms with Crippen molar-refractivity contribution in [2.75, 3.05) is 13.1 Å². The molecule has 1 saturated heterocycles. The summed E-state index contributed by atoms with van der Waals surface area (Å²) in [6, 6.07) is 20.2. The van der Waals surface area contributed by atoms with Gasteiger partial charge in [-0.05, 0) is 30.4 Å². The van der Waals surface area contributed by atoms with E-state index in [1.807, 2.05) is 53.4 Å². The second-order valence-electron chi connectivity index (χ2n) is 7.76. The first-order chi connectivity index (χ1) is 13.2. The second-order valence-corrected chi connectivity index (χ2v) is 7.76. The lowest BCUT2D eigenvalue weighted by atomic mass is 9.84. The van der Waals surface area contributed by atoms with Crippen LogP contribution >= 0.6 is 0 Å². The normalized spacial score (nSPS) is 22.3. The van der Waals surface area contributed by atoms with Gasteiger partial charge in [0.2, 0.25) is 11.8 Å². The lowest BCUT2D eigenvalue weighted by molar-refractivity contribution is -0.137. The minimum Gasteiger partial charge on any atom is -0.352 e. The van der Waals surface area contributed by atoms with Gasteiger partial charge in [0.25, 0.3) is 0 Å². The second kappa shape index (κ2) is 7.95. The minimum atomic E-state index is -0.157. The average Bonchev–Trinajstić information content (AvgIpc) is 3.58. The third-order valence-corrected chi connectivity index (χ3v) is 5.64. The molecule has 4 nitrogen and oxygen atoms in total. The van der Waals surface area contributed by atoms with Gasteiger partial charge in [-0.1, -0.05) is 60.7 Å². The number of carbonyl (C=O) groups excluding carboxylic acids is 2. The van der Waals surface area contributed by atoms with Crippen molar-refractivity contribution in [3.8, 4) is 0 Å². The summed E-state index contributed by atoms with van der Waals surface area (Å²) in [6.07, 6.45) is 2.78. The summed E-state index contributed by atoms with van der Waals surface area (Å²) >= 11 is 0. The molecule has 0 unspecified atom stereocenters. The van der Waals surface area contributed by atoms with E-state index in [1.165, 1.54) is 5.56 Å². The van der Waals surface area contributed by atoms with Crippen molar-refractivity contribution in [3.05, 3.63) is 71.8 Å². The SMILES string of the molecule is O=C(NCc1ccccc1)[C@H]1C[C@H](c2ccccc2)CN(C(=O)C2CC2)C1. The summed E-state index contributed by atoms with van der Waals surface area (Å²) in [4.78, 5) is 27.5. The summed E-state index contributed by atoms with van der Waals surface area (Å²) in [5.41, 5.74) is 2.30. The van der Waals surface area contributed by atoms with Crippen molar-refractivity contribution in [1.29, 1.82) is 0 Å². The lowest BCUT2D eigenvalue weighted by Crippen LogP contribution is -2.48. The smallest absolute Gasteiger partial charge is 0.225 e. The Kier molecular flexibility index (Phi) is 5.23. The predicted molar refractivity (Wildman–Crippen MR) is 105 cm³/mol. The summed E-state index contributed by atoms with van der Waals surface area (Å²) < 4.78 is 0. The highest BCUT2D eigenvalue weighted by Crippen LogP contribution is 2.36. The van der Waals surface area contributed by atoms with Crippen LogP contribution in [0.25, 0.3) is 0 Å². The quantitative estimate of drug-likeness (QED) is 0.887. The van der Waals surface area contributed by atoms with Crippen LogP contribution in [0.5, 0.6) is 0 Å². The largest absolute Gasteiger partial charge is 0.352 e. The lowest BCUT2D eigenvalue weighted by Gasteiger charge is -2.37. The molecular formula is C23H26N2O2. The molecule has 1 N–H and O–H groups in total. The Morgan fingerprint density at radius 3 is 2.22 bits per heavy atom. The molecule has 0 aromatic heterocycles. The molecule has 2 atom stereocenters. The number of nitrogens with one attached hydrogen (secondary N) is 1. The molecule has 1 aliphatic heterocycles. The van der Waals surface area contributed by atoms with Crippen molar-refractivity contribution in [2.45, 2.75) is 31.7 Å². The molecule has 2 aliphatic rings. The fourth-order valence-corrected chi connectivity index (χ4v) is 3.95. The summed E-state index contributed by atoms with van der Waals surface area (Å²) in [6.45, 7) is 1.80. The number of piperidine rings is 1. The van der Waals surface area contributed by atoms with Crippen LogP contribution in [0.3, 0.4) is 0 Å². The van der Waals surface area contributed by atoms with E-state index in [0.717, 1.165) is 31.4 Å². The highest BCUT2D eigenvalue weighted by Gasteiger charge is 2.39. The number of hydrogen-bond donors (Lipinski definition) is 1. The van der Waals surface area contributed by atoms with Gasteiger partial charge in [-0.3, -0.25) is 9.59 Å². The number of carbonyl (C=O) groups is 2. The van der Waals surface area contributed by atoms with Gasteiger partial charge >= 0.3 is 0 Å². The van der Waals surface area contributed by atoms with Crippen LogP contribution in [0.2, 0.25) is 0 Å². The maximum Gasteiger partial charge on any atom is 0.225 e. The number of amides is 2. The van der Waals surface area contributed by atoms with Crippen LogP contribution in [0.15, 0.2) is 60.7 Å². The van der Waals surface area contributed by atoms with E-state index in [0.29, 0.717) is 13.1 Å². The van der Waals surface area contributed by atoms with E-state index < -0.39 is 0 Å². The molecule has 0 radical (unpaired) electrons. The molecule has 1 heterocycles. The summed E-state index contributed by atoms with van der Waals surface area (Å²) in [5.74, 6) is 0.530. The Morgan fingerprint density at radius 2 is 1.56 bits per heavy atom. The number of hydrogen-bond acceptors (Lipinski definition) is 2. The topological polar surface area (TPSA) is 49.4 Å². The van der Waals surface area contributed by atoms with Gasteiger partial charge in [0.15, 0.2) is 0 Å². The summed E-state index contributed by atoms with van der Waals surface area (Å²) in [5, 5.41) is 3.07. The average molecular weight is 362 g/mol. The molecular weight excluding hydrogens is 336 g/mol. The molecule has 2 amide bonds. The zero-order chi connectivity index (χ0) is 18.6. The van der Waals surface area contributed by atoms with Gasteiger partial charge < -0.3 is 10.2 Å². The Morgan fingerprint density at radius 1 is 0.889 bits per heavy atom. The van der Waals surface area contributed by atoms with Crippen molar-refractivity contribution in [1.82, 2.24) is 10.2 Å². The van der Waals surface area contributed by atoms with E-state index in [2.05, 4.69) is 17.4 Å². The fourth-order valence-electron chi connectivity index (χ4n) is 3.95. The molecule has 140 valence electrons. The number of likely N-dealkylation sites (tertiary alicyclic amines) is 1. The first-order valence-corrected chi connectivity index (χ1v) is 9.86. The number of nitrogens with zero attached hydrogens (tertiary/aromatic N) is 1. The van der Waals surface area contributed by atoms with E-state index >= 15 is 0 Å². The molecule has 2 aromatic rings. The molecule has 0 bridgehead atoms. The van der Waals surface area contributed by atoms with Gasteiger partial charge in [-0.2, -0.15) is 0 Å². The van der Waals surface area contributed by atoms with E-state index in [4.69, 9.17) is 0 Å². The van der Waals surface area contributed by atoms with Crippen molar-refractivity contribution in [3.63, 3.8) is 0 Å². The van der Waals surface area contributed by atoms with Gasteiger partial charge in [0, 0.05) is 31.5 Å². The minimum absolute atomic E-state index is 0.0491. The first kappa shape index (κ1) is 17.8. The van der Waals surface area contributed by atoms with Crippen molar-refractivity contribution >= 4 is 11.8 Å². The maximum absolute atomic E-state index is 12.9. The Bertz CT molecular complexity index is 787. The van der Waals surface area contributed by atoms with Crippen LogP contribution in [0.1, 0.15) is 36.3 Å². The van der Waals surface area contributed by atoms with E-state index in [1.54, 1.807) is 0 Å². The monoisotopic (exact) mass is 362 g/mol. The molecule has 1 aliphatic carbocycles. The Hall–Kier alpha value is -2.62. The van der Waals surface area contributed by atoms with Gasteiger partial charge in [-0.15, -0.1) is 0 Å². The van der Waals surface area contributed by atoms with Gasteiger partial charge in [0.1, 0.15) is 0 Å².